The number of rotatable bonds is 1. The molecule has 3 nitrogen and oxygen atoms in total. The SMILES string of the molecule is CCc1nc2c(N)cccc2nc1C. The van der Waals surface area contributed by atoms with Gasteiger partial charge in [0.25, 0.3) is 0 Å². The lowest BCUT2D eigenvalue weighted by Gasteiger charge is -2.05. The highest BCUT2D eigenvalue weighted by atomic mass is 14.8. The van der Waals surface area contributed by atoms with Crippen molar-refractivity contribution in [3.8, 4) is 0 Å². The lowest BCUT2D eigenvalue weighted by atomic mass is 10.2. The zero-order chi connectivity index (χ0) is 10.1. The summed E-state index contributed by atoms with van der Waals surface area (Å²) in [6.45, 7) is 4.05. The Hall–Kier alpha value is -1.64. The van der Waals surface area contributed by atoms with E-state index in [1.165, 1.54) is 0 Å². The smallest absolute Gasteiger partial charge is 0.112 e. The minimum Gasteiger partial charge on any atom is -0.397 e. The molecule has 0 amide bonds. The molecule has 0 spiro atoms. The second kappa shape index (κ2) is 3.25. The molecule has 0 aliphatic heterocycles. The first-order valence-electron chi connectivity index (χ1n) is 4.74. The largest absolute Gasteiger partial charge is 0.397 e. The molecule has 14 heavy (non-hydrogen) atoms. The molecule has 0 saturated heterocycles. The topological polar surface area (TPSA) is 51.8 Å². The Morgan fingerprint density at radius 2 is 2.07 bits per heavy atom. The third-order valence-corrected chi connectivity index (χ3v) is 2.33. The van der Waals surface area contributed by atoms with Gasteiger partial charge >= 0.3 is 0 Å². The minimum atomic E-state index is 0.699. The lowest BCUT2D eigenvalue weighted by Crippen LogP contribution is -1.99. The number of hydrogen-bond donors (Lipinski definition) is 1. The first-order valence-corrected chi connectivity index (χ1v) is 4.74. The van der Waals surface area contributed by atoms with Gasteiger partial charge in [0.15, 0.2) is 0 Å². The highest BCUT2D eigenvalue weighted by molar-refractivity contribution is 5.86. The minimum absolute atomic E-state index is 0.699. The normalized spacial score (nSPS) is 10.7. The molecule has 0 radical (unpaired) electrons. The summed E-state index contributed by atoms with van der Waals surface area (Å²) in [6, 6.07) is 5.69. The Morgan fingerprint density at radius 3 is 2.79 bits per heavy atom. The Morgan fingerprint density at radius 1 is 1.29 bits per heavy atom. The van der Waals surface area contributed by atoms with Crippen molar-refractivity contribution in [1.29, 1.82) is 0 Å². The number of benzene rings is 1. The summed E-state index contributed by atoms with van der Waals surface area (Å²) in [5.41, 5.74) is 10.2. The van der Waals surface area contributed by atoms with Gasteiger partial charge in [-0.05, 0) is 25.5 Å². The summed E-state index contributed by atoms with van der Waals surface area (Å²) < 4.78 is 0. The van der Waals surface area contributed by atoms with Gasteiger partial charge in [0.1, 0.15) is 5.52 Å². The monoisotopic (exact) mass is 187 g/mol. The van der Waals surface area contributed by atoms with Gasteiger partial charge in [-0.3, -0.25) is 0 Å². The summed E-state index contributed by atoms with van der Waals surface area (Å²) in [7, 11) is 0. The van der Waals surface area contributed by atoms with Crippen LogP contribution in [0.5, 0.6) is 0 Å². The number of nitrogens with zero attached hydrogens (tertiary/aromatic N) is 2. The summed E-state index contributed by atoms with van der Waals surface area (Å²) in [6.07, 6.45) is 0.892. The quantitative estimate of drug-likeness (QED) is 0.695. The third-order valence-electron chi connectivity index (χ3n) is 2.33. The fourth-order valence-corrected chi connectivity index (χ4v) is 1.56. The first kappa shape index (κ1) is 8.94. The van der Waals surface area contributed by atoms with Gasteiger partial charge < -0.3 is 5.73 Å². The summed E-state index contributed by atoms with van der Waals surface area (Å²) in [4.78, 5) is 8.97. The van der Waals surface area contributed by atoms with Gasteiger partial charge in [0.05, 0.1) is 22.6 Å². The van der Waals surface area contributed by atoms with Crippen molar-refractivity contribution < 1.29 is 0 Å². The Labute approximate surface area is 83.0 Å². The molecule has 0 bridgehead atoms. The molecule has 0 aliphatic carbocycles. The third kappa shape index (κ3) is 1.31. The molecule has 0 unspecified atom stereocenters. The summed E-state index contributed by atoms with van der Waals surface area (Å²) >= 11 is 0. The van der Waals surface area contributed by atoms with Gasteiger partial charge in [-0.2, -0.15) is 0 Å². The van der Waals surface area contributed by atoms with E-state index in [-0.39, 0.29) is 0 Å². The van der Waals surface area contributed by atoms with Crippen LogP contribution in [0.3, 0.4) is 0 Å². The van der Waals surface area contributed by atoms with Crippen molar-refractivity contribution in [1.82, 2.24) is 9.97 Å². The van der Waals surface area contributed by atoms with Crippen molar-refractivity contribution >= 4 is 16.7 Å². The van der Waals surface area contributed by atoms with E-state index in [0.29, 0.717) is 5.69 Å². The Kier molecular flexibility index (Phi) is 2.08. The highest BCUT2D eigenvalue weighted by Gasteiger charge is 2.04. The Balaban J connectivity index is 2.80. The number of aryl methyl sites for hydroxylation is 2. The predicted molar refractivity (Wildman–Crippen MR) is 58.1 cm³/mol. The van der Waals surface area contributed by atoms with Gasteiger partial charge in [-0.15, -0.1) is 0 Å². The number of fused-ring (bicyclic) bond motifs is 1. The summed E-state index contributed by atoms with van der Waals surface area (Å²) in [5, 5.41) is 0. The van der Waals surface area contributed by atoms with E-state index in [2.05, 4.69) is 16.9 Å². The van der Waals surface area contributed by atoms with Gasteiger partial charge in [0, 0.05) is 0 Å². The second-order valence-corrected chi connectivity index (χ2v) is 3.32. The number of hydrogen-bond acceptors (Lipinski definition) is 3. The molecule has 2 N–H and O–H groups in total. The van der Waals surface area contributed by atoms with Crippen LogP contribution in [-0.4, -0.2) is 9.97 Å². The number of aromatic nitrogens is 2. The molecule has 2 rings (SSSR count). The lowest BCUT2D eigenvalue weighted by molar-refractivity contribution is 0.990. The van der Waals surface area contributed by atoms with Gasteiger partial charge in [0.2, 0.25) is 0 Å². The van der Waals surface area contributed by atoms with E-state index < -0.39 is 0 Å². The average Bonchev–Trinajstić information content (AvgIpc) is 2.17. The van der Waals surface area contributed by atoms with Crippen LogP contribution in [0.25, 0.3) is 11.0 Å². The summed E-state index contributed by atoms with van der Waals surface area (Å²) in [5.74, 6) is 0. The van der Waals surface area contributed by atoms with Crippen molar-refractivity contribution in [2.45, 2.75) is 20.3 Å². The molecule has 72 valence electrons. The molecule has 1 aromatic heterocycles. The van der Waals surface area contributed by atoms with Gasteiger partial charge in [-0.25, -0.2) is 9.97 Å². The molecule has 2 aromatic rings. The molecular formula is C11H13N3. The van der Waals surface area contributed by atoms with E-state index in [9.17, 15) is 0 Å². The Bertz CT molecular complexity index is 477. The number of para-hydroxylation sites is 1. The molecule has 0 saturated carbocycles. The van der Waals surface area contributed by atoms with E-state index >= 15 is 0 Å². The molecule has 1 heterocycles. The fourth-order valence-electron chi connectivity index (χ4n) is 1.56. The molecule has 0 aliphatic rings. The van der Waals surface area contributed by atoms with Crippen LogP contribution in [0.1, 0.15) is 18.3 Å². The average molecular weight is 187 g/mol. The van der Waals surface area contributed by atoms with E-state index in [0.717, 1.165) is 28.8 Å². The van der Waals surface area contributed by atoms with Crippen LogP contribution >= 0.6 is 0 Å². The highest BCUT2D eigenvalue weighted by Crippen LogP contribution is 2.18. The van der Waals surface area contributed by atoms with Crippen molar-refractivity contribution in [2.24, 2.45) is 0 Å². The van der Waals surface area contributed by atoms with Crippen molar-refractivity contribution in [2.75, 3.05) is 5.73 Å². The van der Waals surface area contributed by atoms with E-state index in [1.54, 1.807) is 0 Å². The molecule has 3 heteroatoms. The molecular weight excluding hydrogens is 174 g/mol. The van der Waals surface area contributed by atoms with E-state index in [1.807, 2.05) is 25.1 Å². The maximum atomic E-state index is 5.83. The zero-order valence-corrected chi connectivity index (χ0v) is 8.41. The van der Waals surface area contributed by atoms with Crippen LogP contribution in [0.15, 0.2) is 18.2 Å². The van der Waals surface area contributed by atoms with Crippen LogP contribution in [0.4, 0.5) is 5.69 Å². The standard InChI is InChI=1S/C11H13N3/c1-3-9-7(2)13-10-6-4-5-8(12)11(10)14-9/h4-6H,3,12H2,1-2H3. The fraction of sp³-hybridized carbons (Fsp3) is 0.273. The number of anilines is 1. The van der Waals surface area contributed by atoms with Crippen molar-refractivity contribution in [3.63, 3.8) is 0 Å². The molecule has 1 aromatic carbocycles. The molecule has 0 fully saturated rings. The van der Waals surface area contributed by atoms with Crippen LogP contribution in [0.2, 0.25) is 0 Å². The number of nitrogen functional groups attached to an aromatic ring is 1. The maximum absolute atomic E-state index is 5.83. The predicted octanol–water partition coefficient (Wildman–Crippen LogP) is 2.08. The van der Waals surface area contributed by atoms with Crippen molar-refractivity contribution in [3.05, 3.63) is 29.6 Å². The van der Waals surface area contributed by atoms with Crippen LogP contribution < -0.4 is 5.73 Å². The zero-order valence-electron chi connectivity index (χ0n) is 8.41. The van der Waals surface area contributed by atoms with Gasteiger partial charge in [-0.1, -0.05) is 13.0 Å². The van der Waals surface area contributed by atoms with Crippen LogP contribution in [-0.2, 0) is 6.42 Å². The second-order valence-electron chi connectivity index (χ2n) is 3.32. The van der Waals surface area contributed by atoms with E-state index in [4.69, 9.17) is 5.73 Å². The van der Waals surface area contributed by atoms with Crippen LogP contribution in [0, 0.1) is 6.92 Å². The first-order chi connectivity index (χ1) is 6.72. The maximum Gasteiger partial charge on any atom is 0.112 e. The number of nitrogens with two attached hydrogens (primary N) is 1. The molecule has 0 atom stereocenters.